The molecule has 8 heteroatoms. The standard InChI is InChI=1S/C10H6Cl3F3N2/c1-2-18-8-5(12)3-4(11)6(13)7(8)17-9(18)10(14,15)16/h3H,2H2,1H3. The molecule has 0 saturated heterocycles. The predicted molar refractivity (Wildman–Crippen MR) is 65.4 cm³/mol. The number of halogens is 6. The number of aromatic nitrogens is 2. The molecule has 2 rings (SSSR count). The van der Waals surface area contributed by atoms with Gasteiger partial charge in [-0.3, -0.25) is 0 Å². The highest BCUT2D eigenvalue weighted by Crippen LogP contribution is 2.39. The fraction of sp³-hybridized carbons (Fsp3) is 0.300. The van der Waals surface area contributed by atoms with Crippen molar-refractivity contribution in [2.45, 2.75) is 19.6 Å². The highest BCUT2D eigenvalue weighted by atomic mass is 35.5. The van der Waals surface area contributed by atoms with Crippen molar-refractivity contribution in [2.24, 2.45) is 0 Å². The molecule has 98 valence electrons. The maximum atomic E-state index is 12.8. The monoisotopic (exact) mass is 316 g/mol. The molecule has 1 heterocycles. The summed E-state index contributed by atoms with van der Waals surface area (Å²) in [5.74, 6) is -1.04. The number of aryl methyl sites for hydroxylation is 1. The zero-order chi connectivity index (χ0) is 13.7. The lowest BCUT2D eigenvalue weighted by Gasteiger charge is -2.09. The number of alkyl halides is 3. The van der Waals surface area contributed by atoms with Crippen molar-refractivity contribution in [1.82, 2.24) is 9.55 Å². The average molecular weight is 318 g/mol. The molecule has 0 aliphatic rings. The van der Waals surface area contributed by atoms with Gasteiger partial charge in [-0.05, 0) is 13.0 Å². The third-order valence-electron chi connectivity index (χ3n) is 2.43. The number of rotatable bonds is 1. The third-order valence-corrected chi connectivity index (χ3v) is 3.50. The summed E-state index contributed by atoms with van der Waals surface area (Å²) in [7, 11) is 0. The summed E-state index contributed by atoms with van der Waals surface area (Å²) in [5.41, 5.74) is 0.101. The zero-order valence-corrected chi connectivity index (χ0v) is 11.2. The minimum atomic E-state index is -4.58. The van der Waals surface area contributed by atoms with Crippen LogP contribution in [0.1, 0.15) is 12.7 Å². The number of nitrogens with zero attached hydrogens (tertiary/aromatic N) is 2. The van der Waals surface area contributed by atoms with E-state index in [9.17, 15) is 13.2 Å². The second-order valence-electron chi connectivity index (χ2n) is 3.53. The normalized spacial score (nSPS) is 12.4. The van der Waals surface area contributed by atoms with Gasteiger partial charge >= 0.3 is 6.18 Å². The van der Waals surface area contributed by atoms with Gasteiger partial charge in [0, 0.05) is 6.54 Å². The summed E-state index contributed by atoms with van der Waals surface area (Å²) in [6, 6.07) is 1.31. The molecule has 0 aliphatic carbocycles. The smallest absolute Gasteiger partial charge is 0.319 e. The Balaban J connectivity index is 2.93. The second-order valence-corrected chi connectivity index (χ2v) is 4.72. The Hall–Kier alpha value is -0.650. The van der Waals surface area contributed by atoms with Gasteiger partial charge < -0.3 is 4.57 Å². The number of benzene rings is 1. The Kier molecular flexibility index (Phi) is 3.42. The summed E-state index contributed by atoms with van der Waals surface area (Å²) in [6.07, 6.45) is -4.58. The lowest BCUT2D eigenvalue weighted by Crippen LogP contribution is -2.14. The Morgan fingerprint density at radius 3 is 2.33 bits per heavy atom. The first-order chi connectivity index (χ1) is 8.27. The first-order valence-electron chi connectivity index (χ1n) is 4.88. The van der Waals surface area contributed by atoms with Crippen molar-refractivity contribution >= 4 is 45.8 Å². The van der Waals surface area contributed by atoms with Crippen LogP contribution >= 0.6 is 34.8 Å². The van der Waals surface area contributed by atoms with Crippen LogP contribution in [-0.2, 0) is 12.7 Å². The molecule has 0 bridgehead atoms. The molecule has 0 amide bonds. The van der Waals surface area contributed by atoms with Crippen LogP contribution in [0.2, 0.25) is 15.1 Å². The van der Waals surface area contributed by atoms with Crippen LogP contribution in [0.3, 0.4) is 0 Å². The van der Waals surface area contributed by atoms with E-state index in [0.29, 0.717) is 0 Å². The first-order valence-corrected chi connectivity index (χ1v) is 6.01. The highest BCUT2D eigenvalue weighted by Gasteiger charge is 2.38. The minimum absolute atomic E-state index is 0.0335. The van der Waals surface area contributed by atoms with E-state index in [-0.39, 0.29) is 32.6 Å². The van der Waals surface area contributed by atoms with Gasteiger partial charge in [0.2, 0.25) is 5.82 Å². The van der Waals surface area contributed by atoms with Gasteiger partial charge in [0.15, 0.2) is 0 Å². The molecule has 0 fully saturated rings. The van der Waals surface area contributed by atoms with Gasteiger partial charge in [-0.1, -0.05) is 34.8 Å². The topological polar surface area (TPSA) is 17.8 Å². The van der Waals surface area contributed by atoms with Crippen LogP contribution in [0.15, 0.2) is 6.07 Å². The average Bonchev–Trinajstić information content (AvgIpc) is 2.65. The number of fused-ring (bicyclic) bond motifs is 1. The van der Waals surface area contributed by atoms with Crippen LogP contribution < -0.4 is 0 Å². The summed E-state index contributed by atoms with van der Waals surface area (Å²) in [6.45, 7) is 1.64. The quantitative estimate of drug-likeness (QED) is 0.674. The number of hydrogen-bond acceptors (Lipinski definition) is 1. The summed E-state index contributed by atoms with van der Waals surface area (Å²) in [4.78, 5) is 3.51. The molecular weight excluding hydrogens is 311 g/mol. The maximum absolute atomic E-state index is 12.8. The highest BCUT2D eigenvalue weighted by molar-refractivity contribution is 6.47. The lowest BCUT2D eigenvalue weighted by atomic mass is 10.3. The van der Waals surface area contributed by atoms with Crippen molar-refractivity contribution in [3.63, 3.8) is 0 Å². The van der Waals surface area contributed by atoms with Gasteiger partial charge in [-0.2, -0.15) is 13.2 Å². The molecule has 0 saturated carbocycles. The fourth-order valence-electron chi connectivity index (χ4n) is 1.73. The van der Waals surface area contributed by atoms with Crippen molar-refractivity contribution in [1.29, 1.82) is 0 Å². The molecule has 2 aromatic rings. The van der Waals surface area contributed by atoms with Crippen LogP contribution in [0, 0.1) is 0 Å². The van der Waals surface area contributed by atoms with Gasteiger partial charge in [-0.25, -0.2) is 4.98 Å². The van der Waals surface area contributed by atoms with Crippen LogP contribution in [-0.4, -0.2) is 9.55 Å². The number of imidazole rings is 1. The van der Waals surface area contributed by atoms with E-state index in [1.54, 1.807) is 6.92 Å². The van der Waals surface area contributed by atoms with Gasteiger partial charge in [0.25, 0.3) is 0 Å². The molecule has 0 unspecified atom stereocenters. The van der Waals surface area contributed by atoms with Gasteiger partial charge in [0.05, 0.1) is 20.6 Å². The molecule has 0 radical (unpaired) electrons. The van der Waals surface area contributed by atoms with E-state index in [4.69, 9.17) is 34.8 Å². The molecular formula is C10H6Cl3F3N2. The largest absolute Gasteiger partial charge is 0.449 e. The van der Waals surface area contributed by atoms with E-state index in [0.717, 1.165) is 4.57 Å². The molecule has 0 spiro atoms. The lowest BCUT2D eigenvalue weighted by molar-refractivity contribution is -0.146. The SMILES string of the molecule is CCn1c(C(F)(F)F)nc2c(Cl)c(Cl)cc(Cl)c21. The Labute approximate surface area is 115 Å². The van der Waals surface area contributed by atoms with Crippen LogP contribution in [0.25, 0.3) is 11.0 Å². The molecule has 0 atom stereocenters. The molecule has 0 N–H and O–H groups in total. The van der Waals surface area contributed by atoms with E-state index < -0.39 is 12.0 Å². The van der Waals surface area contributed by atoms with Gasteiger partial charge in [0.1, 0.15) is 5.52 Å². The van der Waals surface area contributed by atoms with Crippen molar-refractivity contribution in [2.75, 3.05) is 0 Å². The molecule has 0 aliphatic heterocycles. The maximum Gasteiger partial charge on any atom is 0.449 e. The van der Waals surface area contributed by atoms with E-state index in [1.165, 1.54) is 6.07 Å². The summed E-state index contributed by atoms with van der Waals surface area (Å²) in [5, 5.41) is 0.127. The molecule has 1 aromatic carbocycles. The second kappa shape index (κ2) is 4.47. The van der Waals surface area contributed by atoms with Crippen molar-refractivity contribution in [3.05, 3.63) is 27.0 Å². The van der Waals surface area contributed by atoms with Crippen molar-refractivity contribution < 1.29 is 13.2 Å². The molecule has 2 nitrogen and oxygen atoms in total. The summed E-state index contributed by atoms with van der Waals surface area (Å²) >= 11 is 17.5. The Morgan fingerprint density at radius 1 is 1.22 bits per heavy atom. The minimum Gasteiger partial charge on any atom is -0.319 e. The van der Waals surface area contributed by atoms with Crippen LogP contribution in [0.5, 0.6) is 0 Å². The molecule has 18 heavy (non-hydrogen) atoms. The Bertz CT molecular complexity index is 619. The van der Waals surface area contributed by atoms with Crippen molar-refractivity contribution in [3.8, 4) is 0 Å². The Morgan fingerprint density at radius 2 is 1.83 bits per heavy atom. The van der Waals surface area contributed by atoms with E-state index in [1.807, 2.05) is 0 Å². The fourth-order valence-corrected chi connectivity index (χ4v) is 2.47. The zero-order valence-electron chi connectivity index (χ0n) is 8.95. The van der Waals surface area contributed by atoms with E-state index >= 15 is 0 Å². The van der Waals surface area contributed by atoms with Gasteiger partial charge in [-0.15, -0.1) is 0 Å². The van der Waals surface area contributed by atoms with E-state index in [2.05, 4.69) is 4.98 Å². The first kappa shape index (κ1) is 13.8. The van der Waals surface area contributed by atoms with Crippen LogP contribution in [0.4, 0.5) is 13.2 Å². The predicted octanol–water partition coefficient (Wildman–Crippen LogP) is 5.04. The third kappa shape index (κ3) is 2.04. The summed E-state index contributed by atoms with van der Waals surface area (Å²) < 4.78 is 39.5. The number of hydrogen-bond donors (Lipinski definition) is 0. The molecule has 1 aromatic heterocycles.